The summed E-state index contributed by atoms with van der Waals surface area (Å²) in [5.74, 6) is 0.676. The first kappa shape index (κ1) is 11.7. The summed E-state index contributed by atoms with van der Waals surface area (Å²) < 4.78 is 5.78. The monoisotopic (exact) mass is 285 g/mol. The molecule has 0 heterocycles. The molecule has 0 spiro atoms. The van der Waals surface area contributed by atoms with Crippen molar-refractivity contribution in [2.75, 3.05) is 7.11 Å². The molecule has 88 valence electrons. The van der Waals surface area contributed by atoms with Crippen LogP contribution in [0.3, 0.4) is 0 Å². The van der Waals surface area contributed by atoms with Crippen LogP contribution in [0.25, 0.3) is 0 Å². The molecule has 2 N–H and O–H groups in total. The summed E-state index contributed by atoms with van der Waals surface area (Å²) in [7, 11) is 1.56. The molecular weight excluding hydrogens is 270 g/mol. The highest BCUT2D eigenvalue weighted by Gasteiger charge is 2.16. The minimum atomic E-state index is 0.162. The first-order valence-corrected chi connectivity index (χ1v) is 6.28. The van der Waals surface area contributed by atoms with Gasteiger partial charge in [-0.2, -0.15) is 0 Å². The SMILES string of the molecule is COc1cc(CNC2CCC2)cc(Br)c1O. The normalized spacial score (nSPS) is 15.9. The molecule has 1 aliphatic carbocycles. The van der Waals surface area contributed by atoms with Gasteiger partial charge in [-0.1, -0.05) is 6.42 Å². The highest BCUT2D eigenvalue weighted by atomic mass is 79.9. The molecule has 0 saturated heterocycles. The molecule has 3 nitrogen and oxygen atoms in total. The number of hydrogen-bond acceptors (Lipinski definition) is 3. The second-order valence-corrected chi connectivity index (χ2v) is 4.99. The summed E-state index contributed by atoms with van der Waals surface area (Å²) in [6, 6.07) is 4.45. The number of phenols is 1. The molecule has 0 aromatic heterocycles. The Morgan fingerprint density at radius 1 is 1.50 bits per heavy atom. The Kier molecular flexibility index (Phi) is 3.71. The lowest BCUT2D eigenvalue weighted by Gasteiger charge is -2.26. The Hall–Kier alpha value is -0.740. The Balaban J connectivity index is 2.05. The zero-order chi connectivity index (χ0) is 11.5. The van der Waals surface area contributed by atoms with E-state index in [-0.39, 0.29) is 5.75 Å². The van der Waals surface area contributed by atoms with Gasteiger partial charge in [-0.3, -0.25) is 0 Å². The lowest BCUT2D eigenvalue weighted by atomic mass is 9.93. The van der Waals surface area contributed by atoms with Gasteiger partial charge in [0.15, 0.2) is 11.5 Å². The standard InChI is InChI=1S/C12H16BrNO2/c1-16-11-6-8(5-10(13)12(11)15)7-14-9-3-2-4-9/h5-6,9,14-15H,2-4,7H2,1H3. The van der Waals surface area contributed by atoms with E-state index in [2.05, 4.69) is 21.2 Å². The Morgan fingerprint density at radius 2 is 2.25 bits per heavy atom. The average Bonchev–Trinajstić information content (AvgIpc) is 2.20. The van der Waals surface area contributed by atoms with Crippen LogP contribution in [0.15, 0.2) is 16.6 Å². The minimum absolute atomic E-state index is 0.162. The lowest BCUT2D eigenvalue weighted by Crippen LogP contribution is -2.34. The molecule has 2 rings (SSSR count). The van der Waals surface area contributed by atoms with E-state index in [0.29, 0.717) is 16.3 Å². The minimum Gasteiger partial charge on any atom is -0.503 e. The first-order chi connectivity index (χ1) is 7.70. The van der Waals surface area contributed by atoms with Crippen molar-refractivity contribution in [3.05, 3.63) is 22.2 Å². The van der Waals surface area contributed by atoms with E-state index < -0.39 is 0 Å². The first-order valence-electron chi connectivity index (χ1n) is 5.49. The molecule has 1 saturated carbocycles. The van der Waals surface area contributed by atoms with Gasteiger partial charge in [-0.05, 0) is 46.5 Å². The highest BCUT2D eigenvalue weighted by Crippen LogP contribution is 2.35. The topological polar surface area (TPSA) is 41.5 Å². The molecular formula is C12H16BrNO2. The third-order valence-electron chi connectivity index (χ3n) is 3.01. The Bertz CT molecular complexity index is 378. The van der Waals surface area contributed by atoms with Crippen LogP contribution in [0.1, 0.15) is 24.8 Å². The Labute approximate surface area is 104 Å². The number of halogens is 1. The molecule has 0 aliphatic heterocycles. The van der Waals surface area contributed by atoms with E-state index in [1.165, 1.54) is 19.3 Å². The smallest absolute Gasteiger partial charge is 0.172 e. The maximum atomic E-state index is 9.66. The van der Waals surface area contributed by atoms with Gasteiger partial charge in [-0.15, -0.1) is 0 Å². The maximum absolute atomic E-state index is 9.66. The second kappa shape index (κ2) is 5.06. The molecule has 1 aromatic carbocycles. The zero-order valence-electron chi connectivity index (χ0n) is 9.29. The van der Waals surface area contributed by atoms with Crippen molar-refractivity contribution in [1.82, 2.24) is 5.32 Å². The van der Waals surface area contributed by atoms with Gasteiger partial charge in [0.25, 0.3) is 0 Å². The van der Waals surface area contributed by atoms with Gasteiger partial charge < -0.3 is 15.2 Å². The lowest BCUT2D eigenvalue weighted by molar-refractivity contribution is 0.337. The number of aromatic hydroxyl groups is 1. The van der Waals surface area contributed by atoms with Crippen molar-refractivity contribution in [2.24, 2.45) is 0 Å². The van der Waals surface area contributed by atoms with Gasteiger partial charge in [0.1, 0.15) is 0 Å². The van der Waals surface area contributed by atoms with Gasteiger partial charge in [0, 0.05) is 12.6 Å². The number of rotatable bonds is 4. The number of methoxy groups -OCH3 is 1. The van der Waals surface area contributed by atoms with E-state index in [0.717, 1.165) is 12.1 Å². The molecule has 0 amide bonds. The third kappa shape index (κ3) is 2.50. The predicted octanol–water partition coefficient (Wildman–Crippen LogP) is 2.81. The molecule has 0 unspecified atom stereocenters. The van der Waals surface area contributed by atoms with E-state index in [1.54, 1.807) is 7.11 Å². The zero-order valence-corrected chi connectivity index (χ0v) is 10.9. The van der Waals surface area contributed by atoms with Crippen molar-refractivity contribution in [2.45, 2.75) is 31.8 Å². The molecule has 4 heteroatoms. The summed E-state index contributed by atoms with van der Waals surface area (Å²) in [6.45, 7) is 0.819. The molecule has 0 radical (unpaired) electrons. The summed E-state index contributed by atoms with van der Waals surface area (Å²) in [6.07, 6.45) is 3.88. The van der Waals surface area contributed by atoms with Gasteiger partial charge >= 0.3 is 0 Å². The van der Waals surface area contributed by atoms with Crippen LogP contribution in [0.4, 0.5) is 0 Å². The van der Waals surface area contributed by atoms with Crippen molar-refractivity contribution in [3.63, 3.8) is 0 Å². The fourth-order valence-corrected chi connectivity index (χ4v) is 2.25. The summed E-state index contributed by atoms with van der Waals surface area (Å²) >= 11 is 3.32. The van der Waals surface area contributed by atoms with Gasteiger partial charge in [0.05, 0.1) is 11.6 Å². The number of nitrogens with one attached hydrogen (secondary N) is 1. The second-order valence-electron chi connectivity index (χ2n) is 4.14. The van der Waals surface area contributed by atoms with Crippen molar-refractivity contribution < 1.29 is 9.84 Å². The van der Waals surface area contributed by atoms with Crippen molar-refractivity contribution in [3.8, 4) is 11.5 Å². The number of ether oxygens (including phenoxy) is 1. The molecule has 16 heavy (non-hydrogen) atoms. The van der Waals surface area contributed by atoms with E-state index in [4.69, 9.17) is 4.74 Å². The Morgan fingerprint density at radius 3 is 2.81 bits per heavy atom. The van der Waals surface area contributed by atoms with E-state index in [1.807, 2.05) is 12.1 Å². The van der Waals surface area contributed by atoms with Crippen LogP contribution in [0.5, 0.6) is 11.5 Å². The van der Waals surface area contributed by atoms with Crippen LogP contribution in [-0.4, -0.2) is 18.3 Å². The number of benzene rings is 1. The van der Waals surface area contributed by atoms with E-state index >= 15 is 0 Å². The number of hydrogen-bond donors (Lipinski definition) is 2. The van der Waals surface area contributed by atoms with Crippen LogP contribution in [0.2, 0.25) is 0 Å². The summed E-state index contributed by atoms with van der Waals surface area (Å²) in [5, 5.41) is 13.1. The molecule has 1 fully saturated rings. The summed E-state index contributed by atoms with van der Waals surface area (Å²) in [4.78, 5) is 0. The fourth-order valence-electron chi connectivity index (χ4n) is 1.76. The van der Waals surface area contributed by atoms with Crippen molar-refractivity contribution >= 4 is 15.9 Å². The van der Waals surface area contributed by atoms with Crippen LogP contribution < -0.4 is 10.1 Å². The maximum Gasteiger partial charge on any atom is 0.172 e. The average molecular weight is 286 g/mol. The summed E-state index contributed by atoms with van der Waals surface area (Å²) in [5.41, 5.74) is 1.12. The van der Waals surface area contributed by atoms with Gasteiger partial charge in [-0.25, -0.2) is 0 Å². The quantitative estimate of drug-likeness (QED) is 0.894. The molecule has 0 bridgehead atoms. The third-order valence-corrected chi connectivity index (χ3v) is 3.61. The largest absolute Gasteiger partial charge is 0.503 e. The van der Waals surface area contributed by atoms with Crippen molar-refractivity contribution in [1.29, 1.82) is 0 Å². The fraction of sp³-hybridized carbons (Fsp3) is 0.500. The van der Waals surface area contributed by atoms with Gasteiger partial charge in [0.2, 0.25) is 0 Å². The highest BCUT2D eigenvalue weighted by molar-refractivity contribution is 9.10. The molecule has 1 aromatic rings. The molecule has 1 aliphatic rings. The number of phenolic OH excluding ortho intramolecular Hbond substituents is 1. The van der Waals surface area contributed by atoms with Crippen LogP contribution >= 0.6 is 15.9 Å². The predicted molar refractivity (Wildman–Crippen MR) is 66.8 cm³/mol. The molecule has 0 atom stereocenters. The van der Waals surface area contributed by atoms with Crippen LogP contribution in [0, 0.1) is 0 Å². The van der Waals surface area contributed by atoms with Crippen LogP contribution in [-0.2, 0) is 6.54 Å². The van der Waals surface area contributed by atoms with E-state index in [9.17, 15) is 5.11 Å².